The standard InChI is InChI=1S/C10H22N2/c1-8-5-6-11-7-9(8)12-10(2,3)4/h8-9,11-12H,5-7H2,1-4H3/t8-,9-/m1/s1. The van der Waals surface area contributed by atoms with Gasteiger partial charge in [-0.15, -0.1) is 0 Å². The minimum atomic E-state index is 0.248. The monoisotopic (exact) mass is 170 g/mol. The van der Waals surface area contributed by atoms with Crippen LogP contribution in [0.4, 0.5) is 0 Å². The van der Waals surface area contributed by atoms with Crippen molar-refractivity contribution < 1.29 is 0 Å². The van der Waals surface area contributed by atoms with E-state index in [2.05, 4.69) is 38.3 Å². The van der Waals surface area contributed by atoms with Crippen LogP contribution in [0.15, 0.2) is 0 Å². The normalized spacial score (nSPS) is 32.0. The Morgan fingerprint density at radius 1 is 1.33 bits per heavy atom. The number of hydrogen-bond acceptors (Lipinski definition) is 2. The van der Waals surface area contributed by atoms with E-state index < -0.39 is 0 Å². The van der Waals surface area contributed by atoms with Crippen molar-refractivity contribution in [1.29, 1.82) is 0 Å². The van der Waals surface area contributed by atoms with Crippen LogP contribution in [0.1, 0.15) is 34.1 Å². The van der Waals surface area contributed by atoms with Crippen LogP contribution in [0.2, 0.25) is 0 Å². The third-order valence-corrected chi connectivity index (χ3v) is 2.45. The van der Waals surface area contributed by atoms with E-state index in [1.807, 2.05) is 0 Å². The molecule has 2 heteroatoms. The first-order chi connectivity index (χ1) is 5.49. The van der Waals surface area contributed by atoms with Crippen molar-refractivity contribution in [2.45, 2.75) is 45.7 Å². The summed E-state index contributed by atoms with van der Waals surface area (Å²) in [5.74, 6) is 0.811. The molecule has 1 aliphatic rings. The first-order valence-electron chi connectivity index (χ1n) is 4.97. The maximum Gasteiger partial charge on any atom is 0.0223 e. The van der Waals surface area contributed by atoms with Crippen molar-refractivity contribution in [3.05, 3.63) is 0 Å². The molecule has 0 amide bonds. The van der Waals surface area contributed by atoms with Crippen LogP contribution in [0.3, 0.4) is 0 Å². The molecular weight excluding hydrogens is 148 g/mol. The first kappa shape index (κ1) is 10.0. The predicted molar refractivity (Wildman–Crippen MR) is 53.3 cm³/mol. The molecule has 2 atom stereocenters. The van der Waals surface area contributed by atoms with Crippen molar-refractivity contribution in [2.24, 2.45) is 5.92 Å². The molecule has 1 heterocycles. The Balaban J connectivity index is 2.39. The van der Waals surface area contributed by atoms with Gasteiger partial charge in [0.15, 0.2) is 0 Å². The van der Waals surface area contributed by atoms with E-state index in [0.717, 1.165) is 12.5 Å². The predicted octanol–water partition coefficient (Wildman–Crippen LogP) is 1.37. The summed E-state index contributed by atoms with van der Waals surface area (Å²) in [6.07, 6.45) is 1.30. The van der Waals surface area contributed by atoms with Gasteiger partial charge in [-0.2, -0.15) is 0 Å². The average molecular weight is 170 g/mol. The van der Waals surface area contributed by atoms with Gasteiger partial charge in [0.25, 0.3) is 0 Å². The fraction of sp³-hybridized carbons (Fsp3) is 1.00. The highest BCUT2D eigenvalue weighted by Crippen LogP contribution is 2.14. The quantitative estimate of drug-likeness (QED) is 0.621. The first-order valence-corrected chi connectivity index (χ1v) is 4.97. The second-order valence-corrected chi connectivity index (χ2v) is 4.97. The Labute approximate surface area is 76.1 Å². The molecule has 0 bridgehead atoms. The van der Waals surface area contributed by atoms with E-state index >= 15 is 0 Å². The highest BCUT2D eigenvalue weighted by atomic mass is 15.0. The maximum atomic E-state index is 3.65. The smallest absolute Gasteiger partial charge is 0.0223 e. The van der Waals surface area contributed by atoms with Gasteiger partial charge < -0.3 is 10.6 Å². The van der Waals surface area contributed by atoms with Crippen molar-refractivity contribution >= 4 is 0 Å². The van der Waals surface area contributed by atoms with E-state index in [1.54, 1.807) is 0 Å². The summed E-state index contributed by atoms with van der Waals surface area (Å²) < 4.78 is 0. The lowest BCUT2D eigenvalue weighted by atomic mass is 9.92. The molecular formula is C10H22N2. The fourth-order valence-electron chi connectivity index (χ4n) is 1.74. The Morgan fingerprint density at radius 2 is 2.00 bits per heavy atom. The molecule has 1 rings (SSSR count). The molecule has 12 heavy (non-hydrogen) atoms. The summed E-state index contributed by atoms with van der Waals surface area (Å²) in [6.45, 7) is 11.3. The van der Waals surface area contributed by atoms with Gasteiger partial charge in [-0.25, -0.2) is 0 Å². The molecule has 1 fully saturated rings. The van der Waals surface area contributed by atoms with Gasteiger partial charge in [-0.3, -0.25) is 0 Å². The lowest BCUT2D eigenvalue weighted by molar-refractivity contribution is 0.244. The molecule has 1 aliphatic heterocycles. The van der Waals surface area contributed by atoms with Crippen LogP contribution in [-0.2, 0) is 0 Å². The van der Waals surface area contributed by atoms with Crippen LogP contribution in [0, 0.1) is 5.92 Å². The highest BCUT2D eigenvalue weighted by Gasteiger charge is 2.24. The third-order valence-electron chi connectivity index (χ3n) is 2.45. The van der Waals surface area contributed by atoms with Crippen molar-refractivity contribution in [2.75, 3.05) is 13.1 Å². The number of piperidine rings is 1. The van der Waals surface area contributed by atoms with Crippen LogP contribution >= 0.6 is 0 Å². The van der Waals surface area contributed by atoms with E-state index in [4.69, 9.17) is 0 Å². The van der Waals surface area contributed by atoms with E-state index in [9.17, 15) is 0 Å². The Hall–Kier alpha value is -0.0800. The number of nitrogens with one attached hydrogen (secondary N) is 2. The number of hydrogen-bond donors (Lipinski definition) is 2. The zero-order chi connectivity index (χ0) is 9.19. The Bertz CT molecular complexity index is 137. The van der Waals surface area contributed by atoms with Crippen LogP contribution in [-0.4, -0.2) is 24.7 Å². The Morgan fingerprint density at radius 3 is 2.50 bits per heavy atom. The maximum absolute atomic E-state index is 3.65. The second-order valence-electron chi connectivity index (χ2n) is 4.97. The van der Waals surface area contributed by atoms with Gasteiger partial charge in [0.1, 0.15) is 0 Å². The van der Waals surface area contributed by atoms with E-state index in [-0.39, 0.29) is 5.54 Å². The molecule has 0 unspecified atom stereocenters. The van der Waals surface area contributed by atoms with Gasteiger partial charge in [0.05, 0.1) is 0 Å². The molecule has 0 aliphatic carbocycles. The molecule has 0 spiro atoms. The molecule has 0 aromatic rings. The third kappa shape index (κ3) is 3.11. The summed E-state index contributed by atoms with van der Waals surface area (Å²) in [4.78, 5) is 0. The molecule has 1 saturated heterocycles. The zero-order valence-corrected chi connectivity index (χ0v) is 8.78. The summed E-state index contributed by atoms with van der Waals surface area (Å²) in [5, 5.41) is 7.07. The van der Waals surface area contributed by atoms with E-state index in [0.29, 0.717) is 6.04 Å². The summed E-state index contributed by atoms with van der Waals surface area (Å²) in [6, 6.07) is 0.652. The highest BCUT2D eigenvalue weighted by molar-refractivity contribution is 4.85. The van der Waals surface area contributed by atoms with Gasteiger partial charge in [0.2, 0.25) is 0 Å². The van der Waals surface area contributed by atoms with Gasteiger partial charge >= 0.3 is 0 Å². The number of rotatable bonds is 1. The molecule has 0 aromatic heterocycles. The zero-order valence-electron chi connectivity index (χ0n) is 8.78. The lowest BCUT2D eigenvalue weighted by Crippen LogP contribution is -2.54. The molecule has 0 saturated carbocycles. The van der Waals surface area contributed by atoms with Crippen molar-refractivity contribution in [3.8, 4) is 0 Å². The summed E-state index contributed by atoms with van der Waals surface area (Å²) in [7, 11) is 0. The Kier molecular flexibility index (Phi) is 3.13. The minimum Gasteiger partial charge on any atom is -0.315 e. The van der Waals surface area contributed by atoms with Crippen LogP contribution < -0.4 is 10.6 Å². The van der Waals surface area contributed by atoms with E-state index in [1.165, 1.54) is 13.0 Å². The minimum absolute atomic E-state index is 0.248. The molecule has 0 radical (unpaired) electrons. The largest absolute Gasteiger partial charge is 0.315 e. The summed E-state index contributed by atoms with van der Waals surface area (Å²) in [5.41, 5.74) is 0.248. The van der Waals surface area contributed by atoms with Crippen molar-refractivity contribution in [1.82, 2.24) is 10.6 Å². The molecule has 2 nitrogen and oxygen atoms in total. The fourth-order valence-corrected chi connectivity index (χ4v) is 1.74. The SMILES string of the molecule is C[C@@H]1CCNC[C@H]1NC(C)(C)C. The lowest BCUT2D eigenvalue weighted by Gasteiger charge is -2.35. The topological polar surface area (TPSA) is 24.1 Å². The summed E-state index contributed by atoms with van der Waals surface area (Å²) >= 11 is 0. The molecule has 72 valence electrons. The molecule has 2 N–H and O–H groups in total. The van der Waals surface area contributed by atoms with Gasteiger partial charge in [0, 0.05) is 18.1 Å². The van der Waals surface area contributed by atoms with Gasteiger partial charge in [-0.05, 0) is 39.7 Å². The van der Waals surface area contributed by atoms with Crippen molar-refractivity contribution in [3.63, 3.8) is 0 Å². The molecule has 0 aromatic carbocycles. The van der Waals surface area contributed by atoms with Crippen LogP contribution in [0.25, 0.3) is 0 Å². The average Bonchev–Trinajstić information content (AvgIpc) is 1.91. The van der Waals surface area contributed by atoms with Gasteiger partial charge in [-0.1, -0.05) is 6.92 Å². The van der Waals surface area contributed by atoms with Crippen LogP contribution in [0.5, 0.6) is 0 Å². The second kappa shape index (κ2) is 3.75.